The van der Waals surface area contributed by atoms with E-state index in [9.17, 15) is 9.50 Å². The number of aromatic hydroxyl groups is 1. The molecule has 0 fully saturated rings. The van der Waals surface area contributed by atoms with Gasteiger partial charge >= 0.3 is 0 Å². The van der Waals surface area contributed by atoms with Gasteiger partial charge in [0.15, 0.2) is 0 Å². The fourth-order valence-corrected chi connectivity index (χ4v) is 2.59. The van der Waals surface area contributed by atoms with E-state index in [2.05, 4.69) is 25.3 Å². The SMILES string of the molecule is Oc1cccc(Nc2nccc(-c3[nH]cnc3-c3ccc(F)cc3)n2)c1. The molecule has 0 aliphatic carbocycles. The third kappa shape index (κ3) is 3.23. The van der Waals surface area contributed by atoms with Gasteiger partial charge in [-0.25, -0.2) is 19.3 Å². The molecule has 2 aromatic carbocycles. The number of nitrogens with zero attached hydrogens (tertiary/aromatic N) is 3. The zero-order valence-electron chi connectivity index (χ0n) is 13.5. The summed E-state index contributed by atoms with van der Waals surface area (Å²) in [5.41, 5.74) is 3.47. The summed E-state index contributed by atoms with van der Waals surface area (Å²) in [7, 11) is 0. The first-order valence-electron chi connectivity index (χ1n) is 7.88. The largest absolute Gasteiger partial charge is 0.508 e. The summed E-state index contributed by atoms with van der Waals surface area (Å²) in [5.74, 6) is 0.233. The number of phenolic OH excluding ortho intramolecular Hbond substituents is 1. The van der Waals surface area contributed by atoms with E-state index in [-0.39, 0.29) is 11.6 Å². The molecule has 0 spiro atoms. The first kappa shape index (κ1) is 15.8. The quantitative estimate of drug-likeness (QED) is 0.517. The Bertz CT molecular complexity index is 1050. The van der Waals surface area contributed by atoms with Crippen LogP contribution in [0.25, 0.3) is 22.6 Å². The van der Waals surface area contributed by atoms with E-state index in [1.54, 1.807) is 55.0 Å². The molecule has 0 atom stereocenters. The van der Waals surface area contributed by atoms with Crippen molar-refractivity contribution in [2.24, 2.45) is 0 Å². The zero-order chi connectivity index (χ0) is 17.9. The fraction of sp³-hybridized carbons (Fsp3) is 0. The average molecular weight is 347 g/mol. The van der Waals surface area contributed by atoms with Gasteiger partial charge in [0.1, 0.15) is 11.6 Å². The molecule has 4 aromatic rings. The number of aromatic nitrogens is 4. The number of hydrogen-bond acceptors (Lipinski definition) is 5. The van der Waals surface area contributed by atoms with Gasteiger partial charge in [0, 0.05) is 23.5 Å². The zero-order valence-corrected chi connectivity index (χ0v) is 13.5. The van der Waals surface area contributed by atoms with Crippen molar-refractivity contribution >= 4 is 11.6 Å². The van der Waals surface area contributed by atoms with Crippen LogP contribution in [0.15, 0.2) is 67.1 Å². The minimum absolute atomic E-state index is 0.151. The molecule has 0 unspecified atom stereocenters. The molecule has 7 heteroatoms. The number of halogens is 1. The van der Waals surface area contributed by atoms with Crippen LogP contribution in [-0.2, 0) is 0 Å². The van der Waals surface area contributed by atoms with Gasteiger partial charge in [0.05, 0.1) is 23.4 Å². The summed E-state index contributed by atoms with van der Waals surface area (Å²) < 4.78 is 13.2. The van der Waals surface area contributed by atoms with Crippen LogP contribution in [0, 0.1) is 5.82 Å². The number of aromatic amines is 1. The lowest BCUT2D eigenvalue weighted by molar-refractivity contribution is 0.475. The van der Waals surface area contributed by atoms with Gasteiger partial charge in [0.2, 0.25) is 5.95 Å². The Balaban J connectivity index is 1.67. The van der Waals surface area contributed by atoms with Crippen LogP contribution in [0.1, 0.15) is 0 Å². The highest BCUT2D eigenvalue weighted by atomic mass is 19.1. The van der Waals surface area contributed by atoms with Gasteiger partial charge in [0.25, 0.3) is 0 Å². The summed E-state index contributed by atoms with van der Waals surface area (Å²) in [6.07, 6.45) is 3.20. The molecule has 0 amide bonds. The Morgan fingerprint density at radius 1 is 1.00 bits per heavy atom. The number of H-pyrrole nitrogens is 1. The van der Waals surface area contributed by atoms with Crippen molar-refractivity contribution < 1.29 is 9.50 Å². The van der Waals surface area contributed by atoms with Crippen LogP contribution in [0.3, 0.4) is 0 Å². The molecule has 4 rings (SSSR count). The van der Waals surface area contributed by atoms with Crippen LogP contribution >= 0.6 is 0 Å². The molecular formula is C19H14FN5O. The monoisotopic (exact) mass is 347 g/mol. The van der Waals surface area contributed by atoms with Crippen LogP contribution in [0.4, 0.5) is 16.0 Å². The molecule has 26 heavy (non-hydrogen) atoms. The van der Waals surface area contributed by atoms with Gasteiger partial charge in [-0.05, 0) is 42.5 Å². The molecule has 6 nitrogen and oxygen atoms in total. The first-order valence-corrected chi connectivity index (χ1v) is 7.88. The third-order valence-electron chi connectivity index (χ3n) is 3.77. The van der Waals surface area contributed by atoms with E-state index in [0.29, 0.717) is 28.7 Å². The van der Waals surface area contributed by atoms with E-state index in [1.165, 1.54) is 12.1 Å². The maximum atomic E-state index is 13.2. The Labute approximate surface area is 148 Å². The number of anilines is 2. The van der Waals surface area contributed by atoms with E-state index < -0.39 is 0 Å². The second kappa shape index (κ2) is 6.64. The van der Waals surface area contributed by atoms with Crippen LogP contribution in [0.2, 0.25) is 0 Å². The second-order valence-corrected chi connectivity index (χ2v) is 5.57. The van der Waals surface area contributed by atoms with Crippen LogP contribution < -0.4 is 5.32 Å². The Hall–Kier alpha value is -3.74. The maximum absolute atomic E-state index is 13.2. The van der Waals surface area contributed by atoms with Gasteiger partial charge in [-0.15, -0.1) is 0 Å². The molecule has 2 heterocycles. The Morgan fingerprint density at radius 2 is 1.85 bits per heavy atom. The predicted octanol–water partition coefficient (Wildman–Crippen LogP) is 4.12. The summed E-state index contributed by atoms with van der Waals surface area (Å²) >= 11 is 0. The number of rotatable bonds is 4. The molecule has 0 saturated heterocycles. The molecule has 0 saturated carbocycles. The van der Waals surface area contributed by atoms with E-state index in [1.807, 2.05) is 0 Å². The number of phenols is 1. The highest BCUT2D eigenvalue weighted by molar-refractivity contribution is 5.76. The lowest BCUT2D eigenvalue weighted by atomic mass is 10.1. The lowest BCUT2D eigenvalue weighted by Gasteiger charge is -2.07. The molecule has 3 N–H and O–H groups in total. The molecule has 0 aliphatic heterocycles. The van der Waals surface area contributed by atoms with Crippen molar-refractivity contribution in [2.45, 2.75) is 0 Å². The molecule has 0 bridgehead atoms. The molecular weight excluding hydrogens is 333 g/mol. The number of hydrogen-bond donors (Lipinski definition) is 3. The number of imidazole rings is 1. The Morgan fingerprint density at radius 3 is 2.65 bits per heavy atom. The topological polar surface area (TPSA) is 86.7 Å². The molecule has 128 valence electrons. The van der Waals surface area contributed by atoms with Gasteiger partial charge < -0.3 is 15.4 Å². The summed E-state index contributed by atoms with van der Waals surface area (Å²) in [4.78, 5) is 16.1. The van der Waals surface area contributed by atoms with Gasteiger partial charge in [-0.2, -0.15) is 0 Å². The van der Waals surface area contributed by atoms with Crippen LogP contribution in [0.5, 0.6) is 5.75 Å². The first-order chi connectivity index (χ1) is 12.7. The summed E-state index contributed by atoms with van der Waals surface area (Å²) in [6, 6.07) is 14.6. The van der Waals surface area contributed by atoms with E-state index in [4.69, 9.17) is 0 Å². The van der Waals surface area contributed by atoms with Gasteiger partial charge in [-0.1, -0.05) is 6.07 Å². The highest BCUT2D eigenvalue weighted by Gasteiger charge is 2.13. The van der Waals surface area contributed by atoms with Crippen molar-refractivity contribution in [3.05, 3.63) is 72.9 Å². The van der Waals surface area contributed by atoms with E-state index in [0.717, 1.165) is 5.56 Å². The van der Waals surface area contributed by atoms with Crippen molar-refractivity contribution in [2.75, 3.05) is 5.32 Å². The smallest absolute Gasteiger partial charge is 0.227 e. The van der Waals surface area contributed by atoms with Crippen molar-refractivity contribution in [1.29, 1.82) is 0 Å². The number of nitrogens with one attached hydrogen (secondary N) is 2. The molecule has 0 radical (unpaired) electrons. The van der Waals surface area contributed by atoms with Crippen molar-refractivity contribution in [1.82, 2.24) is 19.9 Å². The predicted molar refractivity (Wildman–Crippen MR) is 96.4 cm³/mol. The second-order valence-electron chi connectivity index (χ2n) is 5.57. The standard InChI is InChI=1S/C19H14FN5O/c20-13-6-4-12(5-7-13)17-18(23-11-22-17)16-8-9-21-19(25-16)24-14-2-1-3-15(26)10-14/h1-11,26H,(H,22,23)(H,21,24,25). The third-order valence-corrected chi connectivity index (χ3v) is 3.77. The van der Waals surface area contributed by atoms with Gasteiger partial charge in [-0.3, -0.25) is 0 Å². The molecule has 2 aromatic heterocycles. The lowest BCUT2D eigenvalue weighted by Crippen LogP contribution is -1.98. The molecule has 0 aliphatic rings. The fourth-order valence-electron chi connectivity index (χ4n) is 2.59. The maximum Gasteiger partial charge on any atom is 0.227 e. The normalized spacial score (nSPS) is 10.7. The minimum atomic E-state index is -0.300. The van der Waals surface area contributed by atoms with Crippen molar-refractivity contribution in [3.8, 4) is 28.4 Å². The summed E-state index contributed by atoms with van der Waals surface area (Å²) in [5, 5.41) is 12.6. The van der Waals surface area contributed by atoms with Crippen molar-refractivity contribution in [3.63, 3.8) is 0 Å². The Kier molecular flexibility index (Phi) is 4.03. The summed E-state index contributed by atoms with van der Waals surface area (Å²) in [6.45, 7) is 0. The highest BCUT2D eigenvalue weighted by Crippen LogP contribution is 2.28. The van der Waals surface area contributed by atoms with Crippen LogP contribution in [-0.4, -0.2) is 25.0 Å². The number of benzene rings is 2. The minimum Gasteiger partial charge on any atom is -0.508 e. The average Bonchev–Trinajstić information content (AvgIpc) is 3.12. The van der Waals surface area contributed by atoms with E-state index >= 15 is 0 Å².